The average Bonchev–Trinajstić information content (AvgIpc) is 3.35. The summed E-state index contributed by atoms with van der Waals surface area (Å²) in [4.78, 5) is 13.4. The van der Waals surface area contributed by atoms with E-state index in [2.05, 4.69) is 36.5 Å². The van der Waals surface area contributed by atoms with E-state index in [0.717, 1.165) is 27.7 Å². The van der Waals surface area contributed by atoms with Crippen molar-refractivity contribution in [2.45, 2.75) is 13.0 Å². The van der Waals surface area contributed by atoms with Crippen LogP contribution < -0.4 is 0 Å². The van der Waals surface area contributed by atoms with E-state index in [-0.39, 0.29) is 6.61 Å². The van der Waals surface area contributed by atoms with Crippen LogP contribution in [0.5, 0.6) is 0 Å². The summed E-state index contributed by atoms with van der Waals surface area (Å²) >= 11 is 0. The van der Waals surface area contributed by atoms with Crippen LogP contribution >= 0.6 is 0 Å². The molecule has 0 aliphatic heterocycles. The average molecular weight is 372 g/mol. The van der Waals surface area contributed by atoms with E-state index in [4.69, 9.17) is 4.98 Å². The fourth-order valence-electron chi connectivity index (χ4n) is 3.22. The van der Waals surface area contributed by atoms with Crippen LogP contribution in [-0.4, -0.2) is 51.9 Å². The summed E-state index contributed by atoms with van der Waals surface area (Å²) in [5, 5.41) is 25.6. The Morgan fingerprint density at radius 2 is 2.07 bits per heavy atom. The maximum atomic E-state index is 9.22. The summed E-state index contributed by atoms with van der Waals surface area (Å²) in [7, 11) is 0. The summed E-state index contributed by atoms with van der Waals surface area (Å²) in [6.45, 7) is 0.551. The monoisotopic (exact) mass is 372 g/mol. The zero-order valence-electron chi connectivity index (χ0n) is 14.8. The van der Waals surface area contributed by atoms with Gasteiger partial charge in [-0.15, -0.1) is 5.10 Å². The Bertz CT molecular complexity index is 1280. The molecule has 1 aromatic carbocycles. The lowest BCUT2D eigenvalue weighted by molar-refractivity contribution is 0.298. The SMILES string of the molecule is OCCc1[nH]ncc1-c1cnc2nnn(Cc3ccc4ncccc4c3)c2n1. The van der Waals surface area contributed by atoms with Gasteiger partial charge in [0.05, 0.1) is 30.1 Å². The Kier molecular flexibility index (Phi) is 3.99. The predicted octanol–water partition coefficient (Wildman–Crippen LogP) is 1.74. The topological polar surface area (TPSA) is 118 Å². The Labute approximate surface area is 159 Å². The molecular formula is C19H16N8O. The number of fused-ring (bicyclic) bond motifs is 2. The number of hydrogen-bond donors (Lipinski definition) is 2. The Balaban J connectivity index is 1.53. The zero-order valence-corrected chi connectivity index (χ0v) is 14.8. The van der Waals surface area contributed by atoms with E-state index in [1.807, 2.05) is 24.3 Å². The van der Waals surface area contributed by atoms with Crippen molar-refractivity contribution >= 4 is 22.2 Å². The highest BCUT2D eigenvalue weighted by Crippen LogP contribution is 2.22. The van der Waals surface area contributed by atoms with E-state index in [9.17, 15) is 5.11 Å². The number of benzene rings is 1. The molecule has 0 unspecified atom stereocenters. The van der Waals surface area contributed by atoms with Gasteiger partial charge in [0.1, 0.15) is 0 Å². The molecule has 5 aromatic rings. The van der Waals surface area contributed by atoms with Gasteiger partial charge in [-0.2, -0.15) is 5.10 Å². The molecule has 5 rings (SSSR count). The zero-order chi connectivity index (χ0) is 18.9. The number of aliphatic hydroxyl groups excluding tert-OH is 1. The maximum absolute atomic E-state index is 9.22. The number of nitrogens with zero attached hydrogens (tertiary/aromatic N) is 7. The lowest BCUT2D eigenvalue weighted by Crippen LogP contribution is -2.04. The van der Waals surface area contributed by atoms with E-state index >= 15 is 0 Å². The number of hydrogen-bond acceptors (Lipinski definition) is 7. The first-order valence-corrected chi connectivity index (χ1v) is 8.85. The molecule has 0 saturated heterocycles. The van der Waals surface area contributed by atoms with Crippen LogP contribution in [0.3, 0.4) is 0 Å². The molecule has 0 aliphatic rings. The summed E-state index contributed by atoms with van der Waals surface area (Å²) in [5.74, 6) is 0. The first-order valence-electron chi connectivity index (χ1n) is 8.85. The van der Waals surface area contributed by atoms with Crippen LogP contribution in [0, 0.1) is 0 Å². The Morgan fingerprint density at radius 1 is 1.11 bits per heavy atom. The highest BCUT2D eigenvalue weighted by atomic mass is 16.3. The summed E-state index contributed by atoms with van der Waals surface area (Å²) in [6, 6.07) is 10.1. The normalized spacial score (nSPS) is 11.5. The third-order valence-electron chi connectivity index (χ3n) is 4.58. The van der Waals surface area contributed by atoms with Crippen molar-refractivity contribution in [1.29, 1.82) is 0 Å². The van der Waals surface area contributed by atoms with Gasteiger partial charge in [0.25, 0.3) is 0 Å². The minimum atomic E-state index is 0.0289. The van der Waals surface area contributed by atoms with Crippen LogP contribution in [0.2, 0.25) is 0 Å². The van der Waals surface area contributed by atoms with Crippen LogP contribution in [0.4, 0.5) is 0 Å². The van der Waals surface area contributed by atoms with Crippen molar-refractivity contribution in [2.75, 3.05) is 6.61 Å². The number of aromatic amines is 1. The van der Waals surface area contributed by atoms with Crippen LogP contribution in [0.15, 0.2) is 48.9 Å². The van der Waals surface area contributed by atoms with E-state index in [1.165, 1.54) is 0 Å². The van der Waals surface area contributed by atoms with Gasteiger partial charge in [0, 0.05) is 35.9 Å². The number of pyridine rings is 1. The molecule has 9 heteroatoms. The second kappa shape index (κ2) is 6.78. The fourth-order valence-corrected chi connectivity index (χ4v) is 3.22. The number of H-pyrrole nitrogens is 1. The first kappa shape index (κ1) is 16.5. The molecule has 28 heavy (non-hydrogen) atoms. The molecule has 0 fully saturated rings. The standard InChI is InChI=1S/C19H16N8O/c28-7-5-16-14(9-22-24-16)17-10-21-18-19(23-17)27(26-25-18)11-12-3-4-15-13(8-12)2-1-6-20-15/h1-4,6,8-10,28H,5,7,11H2,(H,22,24). The lowest BCUT2D eigenvalue weighted by Gasteiger charge is -2.05. The van der Waals surface area contributed by atoms with Gasteiger partial charge in [-0.05, 0) is 23.8 Å². The molecule has 0 aliphatic carbocycles. The minimum Gasteiger partial charge on any atom is -0.396 e. The molecule has 0 bridgehead atoms. The molecular weight excluding hydrogens is 356 g/mol. The van der Waals surface area contributed by atoms with Gasteiger partial charge in [0.2, 0.25) is 5.65 Å². The number of aliphatic hydroxyl groups is 1. The molecule has 4 aromatic heterocycles. The quantitative estimate of drug-likeness (QED) is 0.482. The molecule has 0 radical (unpaired) electrons. The van der Waals surface area contributed by atoms with Crippen molar-refractivity contribution in [3.63, 3.8) is 0 Å². The van der Waals surface area contributed by atoms with Crippen LogP contribution in [0.1, 0.15) is 11.3 Å². The second-order valence-electron chi connectivity index (χ2n) is 6.42. The molecule has 138 valence electrons. The lowest BCUT2D eigenvalue weighted by atomic mass is 10.1. The molecule has 0 atom stereocenters. The number of rotatable bonds is 5. The van der Waals surface area contributed by atoms with Crippen molar-refractivity contribution in [3.8, 4) is 11.3 Å². The van der Waals surface area contributed by atoms with Gasteiger partial charge in [-0.25, -0.2) is 14.6 Å². The molecule has 0 saturated carbocycles. The third kappa shape index (κ3) is 2.87. The maximum Gasteiger partial charge on any atom is 0.221 e. The van der Waals surface area contributed by atoms with Gasteiger partial charge < -0.3 is 5.11 Å². The summed E-state index contributed by atoms with van der Waals surface area (Å²) in [6.07, 6.45) is 5.59. The van der Waals surface area contributed by atoms with Crippen LogP contribution in [0.25, 0.3) is 33.5 Å². The number of aromatic nitrogens is 8. The Morgan fingerprint density at radius 3 is 3.00 bits per heavy atom. The van der Waals surface area contributed by atoms with Gasteiger partial charge in [0.15, 0.2) is 5.65 Å². The molecule has 2 N–H and O–H groups in total. The van der Waals surface area contributed by atoms with Gasteiger partial charge >= 0.3 is 0 Å². The molecule has 9 nitrogen and oxygen atoms in total. The highest BCUT2D eigenvalue weighted by molar-refractivity contribution is 5.79. The Hall–Kier alpha value is -3.72. The highest BCUT2D eigenvalue weighted by Gasteiger charge is 2.14. The van der Waals surface area contributed by atoms with Gasteiger partial charge in [-0.1, -0.05) is 17.3 Å². The van der Waals surface area contributed by atoms with Crippen molar-refractivity contribution in [2.24, 2.45) is 0 Å². The van der Waals surface area contributed by atoms with Crippen molar-refractivity contribution < 1.29 is 5.11 Å². The van der Waals surface area contributed by atoms with E-state index in [0.29, 0.717) is 30.0 Å². The third-order valence-corrected chi connectivity index (χ3v) is 4.58. The predicted molar refractivity (Wildman–Crippen MR) is 102 cm³/mol. The molecule has 0 amide bonds. The first-order chi connectivity index (χ1) is 13.8. The van der Waals surface area contributed by atoms with E-state index in [1.54, 1.807) is 23.3 Å². The summed E-state index contributed by atoms with van der Waals surface area (Å²) < 4.78 is 1.73. The number of nitrogens with one attached hydrogen (secondary N) is 1. The van der Waals surface area contributed by atoms with Crippen LogP contribution in [-0.2, 0) is 13.0 Å². The summed E-state index contributed by atoms with van der Waals surface area (Å²) in [5.41, 5.74) is 5.40. The van der Waals surface area contributed by atoms with Gasteiger partial charge in [-0.3, -0.25) is 10.1 Å². The largest absolute Gasteiger partial charge is 0.396 e. The molecule has 4 heterocycles. The smallest absolute Gasteiger partial charge is 0.221 e. The molecule has 0 spiro atoms. The second-order valence-corrected chi connectivity index (χ2v) is 6.42. The van der Waals surface area contributed by atoms with E-state index < -0.39 is 0 Å². The van der Waals surface area contributed by atoms with Crippen molar-refractivity contribution in [1.82, 2.24) is 40.1 Å². The fraction of sp³-hybridized carbons (Fsp3) is 0.158. The van der Waals surface area contributed by atoms with Crippen molar-refractivity contribution in [3.05, 3.63) is 60.2 Å². The minimum absolute atomic E-state index is 0.0289.